The lowest BCUT2D eigenvalue weighted by molar-refractivity contribution is -0.123. The van der Waals surface area contributed by atoms with Crippen LogP contribution in [-0.2, 0) is 11.8 Å². The number of aryl methyl sites for hydroxylation is 3. The first-order valence-corrected chi connectivity index (χ1v) is 8.62. The zero-order valence-corrected chi connectivity index (χ0v) is 15.8. The van der Waals surface area contributed by atoms with E-state index in [0.29, 0.717) is 16.5 Å². The molecule has 2 amide bonds. The number of nitrogens with one attached hydrogen (secondary N) is 2. The van der Waals surface area contributed by atoms with E-state index in [-0.39, 0.29) is 17.9 Å². The van der Waals surface area contributed by atoms with E-state index in [2.05, 4.69) is 16.0 Å². The lowest BCUT2D eigenvalue weighted by atomic mass is 10.1. The molecule has 0 saturated heterocycles. The summed E-state index contributed by atoms with van der Waals surface area (Å²) in [6.07, 6.45) is 0. The minimum atomic E-state index is -0.632. The number of carbonyl (C=O) groups is 2. The van der Waals surface area contributed by atoms with Crippen LogP contribution in [0.25, 0.3) is 10.8 Å². The standard InChI is InChI=1S/C20H20N4O4/c1-12-7-6-8-13(2)18(12)28-11-16(25)21-22-19(26)17-14-9-4-5-10-15(14)20(27)24(3)23-17/h4-10H,11H2,1-3H3,(H,21,25)(H,22,26). The number of amides is 2. The minimum absolute atomic E-state index is 0.0358. The topological polar surface area (TPSA) is 102 Å². The highest BCUT2D eigenvalue weighted by molar-refractivity contribution is 6.05. The fourth-order valence-electron chi connectivity index (χ4n) is 2.85. The molecule has 8 nitrogen and oxygen atoms in total. The highest BCUT2D eigenvalue weighted by Gasteiger charge is 2.16. The number of hydrazine groups is 1. The third kappa shape index (κ3) is 3.85. The van der Waals surface area contributed by atoms with Crippen molar-refractivity contribution in [2.24, 2.45) is 7.05 Å². The predicted octanol–water partition coefficient (Wildman–Crippen LogP) is 1.39. The van der Waals surface area contributed by atoms with Crippen LogP contribution in [0.2, 0.25) is 0 Å². The molecule has 0 bridgehead atoms. The summed E-state index contributed by atoms with van der Waals surface area (Å²) >= 11 is 0. The van der Waals surface area contributed by atoms with Crippen LogP contribution in [0.4, 0.5) is 0 Å². The Hall–Kier alpha value is -3.68. The normalized spacial score (nSPS) is 10.5. The molecule has 0 atom stereocenters. The van der Waals surface area contributed by atoms with Crippen LogP contribution in [0.3, 0.4) is 0 Å². The summed E-state index contributed by atoms with van der Waals surface area (Å²) in [6, 6.07) is 12.3. The number of carbonyl (C=O) groups excluding carboxylic acids is 2. The van der Waals surface area contributed by atoms with E-state index in [9.17, 15) is 14.4 Å². The zero-order chi connectivity index (χ0) is 20.3. The second-order valence-electron chi connectivity index (χ2n) is 6.33. The number of hydrogen-bond donors (Lipinski definition) is 2. The Bertz CT molecular complexity index is 1100. The third-order valence-corrected chi connectivity index (χ3v) is 4.24. The van der Waals surface area contributed by atoms with Crippen LogP contribution in [0.1, 0.15) is 21.6 Å². The van der Waals surface area contributed by atoms with Gasteiger partial charge in [0.25, 0.3) is 17.4 Å². The van der Waals surface area contributed by atoms with Crippen molar-refractivity contribution in [3.63, 3.8) is 0 Å². The molecule has 2 N–H and O–H groups in total. The summed E-state index contributed by atoms with van der Waals surface area (Å²) in [5.74, 6) is -0.521. The van der Waals surface area contributed by atoms with E-state index in [1.165, 1.54) is 7.05 Å². The van der Waals surface area contributed by atoms with E-state index in [0.717, 1.165) is 15.8 Å². The summed E-state index contributed by atoms with van der Waals surface area (Å²) < 4.78 is 6.63. The van der Waals surface area contributed by atoms with Gasteiger partial charge in [-0.1, -0.05) is 36.4 Å². The van der Waals surface area contributed by atoms with Crippen molar-refractivity contribution in [2.45, 2.75) is 13.8 Å². The number of nitrogens with zero attached hydrogens (tertiary/aromatic N) is 2. The van der Waals surface area contributed by atoms with E-state index >= 15 is 0 Å². The average Bonchev–Trinajstić information content (AvgIpc) is 2.68. The number of para-hydroxylation sites is 1. The van der Waals surface area contributed by atoms with Gasteiger partial charge in [0.2, 0.25) is 0 Å². The second-order valence-corrected chi connectivity index (χ2v) is 6.33. The van der Waals surface area contributed by atoms with Gasteiger partial charge in [0.15, 0.2) is 12.3 Å². The Morgan fingerprint density at radius 1 is 1.00 bits per heavy atom. The molecule has 28 heavy (non-hydrogen) atoms. The molecular weight excluding hydrogens is 360 g/mol. The number of ether oxygens (including phenoxy) is 1. The maximum Gasteiger partial charge on any atom is 0.290 e. The smallest absolute Gasteiger partial charge is 0.290 e. The van der Waals surface area contributed by atoms with Gasteiger partial charge in [0.1, 0.15) is 5.75 Å². The molecule has 1 aromatic heterocycles. The lowest BCUT2D eigenvalue weighted by Crippen LogP contribution is -2.44. The Morgan fingerprint density at radius 3 is 2.32 bits per heavy atom. The Balaban J connectivity index is 1.68. The predicted molar refractivity (Wildman–Crippen MR) is 104 cm³/mol. The van der Waals surface area contributed by atoms with E-state index < -0.39 is 11.8 Å². The molecule has 0 fully saturated rings. The van der Waals surface area contributed by atoms with Crippen molar-refractivity contribution in [3.05, 3.63) is 69.6 Å². The van der Waals surface area contributed by atoms with Crippen LogP contribution in [0.5, 0.6) is 5.75 Å². The van der Waals surface area contributed by atoms with Crippen LogP contribution >= 0.6 is 0 Å². The van der Waals surface area contributed by atoms with Crippen LogP contribution in [-0.4, -0.2) is 28.2 Å². The molecule has 2 aromatic carbocycles. The van der Waals surface area contributed by atoms with E-state index in [1.807, 2.05) is 32.0 Å². The molecule has 3 aromatic rings. The first kappa shape index (κ1) is 19.1. The van der Waals surface area contributed by atoms with E-state index in [1.54, 1.807) is 24.3 Å². The molecule has 144 valence electrons. The van der Waals surface area contributed by atoms with Crippen molar-refractivity contribution >= 4 is 22.6 Å². The quantitative estimate of drug-likeness (QED) is 0.666. The maximum absolute atomic E-state index is 12.5. The number of aromatic nitrogens is 2. The minimum Gasteiger partial charge on any atom is -0.483 e. The fraction of sp³-hybridized carbons (Fsp3) is 0.200. The van der Waals surface area contributed by atoms with Crippen molar-refractivity contribution in [1.29, 1.82) is 0 Å². The van der Waals surface area contributed by atoms with Gasteiger partial charge in [-0.05, 0) is 31.0 Å². The highest BCUT2D eigenvalue weighted by Crippen LogP contribution is 2.22. The number of benzene rings is 2. The Labute approximate surface area is 161 Å². The molecule has 0 unspecified atom stereocenters. The van der Waals surface area contributed by atoms with Crippen molar-refractivity contribution in [2.75, 3.05) is 6.61 Å². The van der Waals surface area contributed by atoms with Crippen molar-refractivity contribution < 1.29 is 14.3 Å². The SMILES string of the molecule is Cc1cccc(C)c1OCC(=O)NNC(=O)c1nn(C)c(=O)c2ccccc12. The molecule has 3 rings (SSSR count). The van der Waals surface area contributed by atoms with Crippen molar-refractivity contribution in [3.8, 4) is 5.75 Å². The highest BCUT2D eigenvalue weighted by atomic mass is 16.5. The van der Waals surface area contributed by atoms with Gasteiger partial charge in [-0.15, -0.1) is 0 Å². The molecule has 0 aliphatic carbocycles. The van der Waals surface area contributed by atoms with Crippen LogP contribution in [0, 0.1) is 13.8 Å². The maximum atomic E-state index is 12.5. The molecule has 8 heteroatoms. The average molecular weight is 380 g/mol. The largest absolute Gasteiger partial charge is 0.483 e. The monoisotopic (exact) mass is 380 g/mol. The third-order valence-electron chi connectivity index (χ3n) is 4.24. The summed E-state index contributed by atoms with van der Waals surface area (Å²) in [5.41, 5.74) is 6.16. The van der Waals surface area contributed by atoms with Crippen molar-refractivity contribution in [1.82, 2.24) is 20.6 Å². The molecule has 1 heterocycles. The summed E-state index contributed by atoms with van der Waals surface area (Å²) in [4.78, 5) is 36.6. The molecule has 0 aliphatic heterocycles. The summed E-state index contributed by atoms with van der Waals surface area (Å²) in [7, 11) is 1.46. The second kappa shape index (κ2) is 7.91. The lowest BCUT2D eigenvalue weighted by Gasteiger charge is -2.13. The van der Waals surface area contributed by atoms with Gasteiger partial charge in [-0.3, -0.25) is 25.2 Å². The Kier molecular flexibility index (Phi) is 5.39. The zero-order valence-electron chi connectivity index (χ0n) is 15.8. The summed E-state index contributed by atoms with van der Waals surface area (Å²) in [6.45, 7) is 3.52. The van der Waals surface area contributed by atoms with E-state index in [4.69, 9.17) is 4.74 Å². The molecule has 0 aliphatic rings. The number of fused-ring (bicyclic) bond motifs is 1. The van der Waals surface area contributed by atoms with Gasteiger partial charge in [0.05, 0.1) is 5.39 Å². The molecular formula is C20H20N4O4. The van der Waals surface area contributed by atoms with Gasteiger partial charge in [-0.2, -0.15) is 5.10 Å². The van der Waals surface area contributed by atoms with Crippen LogP contribution < -0.4 is 21.1 Å². The van der Waals surface area contributed by atoms with Gasteiger partial charge in [-0.25, -0.2) is 4.68 Å². The van der Waals surface area contributed by atoms with Gasteiger partial charge >= 0.3 is 0 Å². The van der Waals surface area contributed by atoms with Crippen LogP contribution in [0.15, 0.2) is 47.3 Å². The molecule has 0 saturated carbocycles. The molecule has 0 spiro atoms. The van der Waals surface area contributed by atoms with Gasteiger partial charge in [0, 0.05) is 12.4 Å². The molecule has 0 radical (unpaired) electrons. The first-order valence-electron chi connectivity index (χ1n) is 8.62. The fourth-order valence-corrected chi connectivity index (χ4v) is 2.85. The van der Waals surface area contributed by atoms with Gasteiger partial charge < -0.3 is 4.74 Å². The Morgan fingerprint density at radius 2 is 1.64 bits per heavy atom. The first-order chi connectivity index (χ1) is 13.4. The number of rotatable bonds is 4. The summed E-state index contributed by atoms with van der Waals surface area (Å²) in [5, 5.41) is 4.78. The number of hydrogen-bond acceptors (Lipinski definition) is 5.